The van der Waals surface area contributed by atoms with Gasteiger partial charge >= 0.3 is 0 Å². The SMILES string of the molecule is COc1ccc(N(C=O)c2c(-c3c(Cl)cccc3Cl)noc2C)cn1. The zero-order valence-corrected chi connectivity index (χ0v) is 14.9. The molecule has 0 saturated heterocycles. The second-order valence-corrected chi connectivity index (χ2v) is 5.88. The number of methoxy groups -OCH3 is 1. The molecule has 2 heterocycles. The fourth-order valence-corrected chi connectivity index (χ4v) is 2.99. The predicted octanol–water partition coefficient (Wildman–Crippen LogP) is 4.65. The minimum Gasteiger partial charge on any atom is -0.481 e. The molecule has 3 rings (SSSR count). The molecule has 0 radical (unpaired) electrons. The van der Waals surface area contributed by atoms with E-state index < -0.39 is 0 Å². The highest BCUT2D eigenvalue weighted by atomic mass is 35.5. The van der Waals surface area contributed by atoms with Crippen LogP contribution in [-0.2, 0) is 4.79 Å². The van der Waals surface area contributed by atoms with Crippen LogP contribution in [0, 0.1) is 6.92 Å². The Morgan fingerprint density at radius 1 is 1.20 bits per heavy atom. The van der Waals surface area contributed by atoms with Crippen LogP contribution in [0.5, 0.6) is 5.88 Å². The lowest BCUT2D eigenvalue weighted by atomic mass is 10.1. The Labute approximate surface area is 153 Å². The number of carbonyl (C=O) groups excluding carboxylic acids is 1. The van der Waals surface area contributed by atoms with Gasteiger partial charge in [-0.3, -0.25) is 9.69 Å². The molecule has 8 heteroatoms. The highest BCUT2D eigenvalue weighted by molar-refractivity contribution is 6.39. The molecule has 2 aromatic heterocycles. The van der Waals surface area contributed by atoms with Gasteiger partial charge in [-0.25, -0.2) is 4.98 Å². The molecule has 0 unspecified atom stereocenters. The number of carbonyl (C=O) groups is 1. The van der Waals surface area contributed by atoms with Crippen molar-refractivity contribution in [2.24, 2.45) is 0 Å². The number of ether oxygens (including phenoxy) is 1. The molecule has 0 aliphatic heterocycles. The van der Waals surface area contributed by atoms with E-state index >= 15 is 0 Å². The number of hydrogen-bond donors (Lipinski definition) is 0. The molecule has 0 aliphatic carbocycles. The Hall–Kier alpha value is -2.57. The molecule has 0 N–H and O–H groups in total. The lowest BCUT2D eigenvalue weighted by Crippen LogP contribution is -2.15. The summed E-state index contributed by atoms with van der Waals surface area (Å²) < 4.78 is 10.3. The Morgan fingerprint density at radius 2 is 1.92 bits per heavy atom. The number of halogens is 2. The number of anilines is 2. The maximum absolute atomic E-state index is 11.8. The van der Waals surface area contributed by atoms with Gasteiger partial charge in [0.05, 0.1) is 29.0 Å². The molecule has 128 valence electrons. The van der Waals surface area contributed by atoms with E-state index in [1.165, 1.54) is 18.2 Å². The number of benzene rings is 1. The van der Waals surface area contributed by atoms with Gasteiger partial charge in [0.1, 0.15) is 11.4 Å². The molecule has 0 aliphatic rings. The highest BCUT2D eigenvalue weighted by Crippen LogP contribution is 2.42. The average molecular weight is 378 g/mol. The van der Waals surface area contributed by atoms with Crippen molar-refractivity contribution in [2.45, 2.75) is 6.92 Å². The Morgan fingerprint density at radius 3 is 2.48 bits per heavy atom. The summed E-state index contributed by atoms with van der Waals surface area (Å²) in [5.74, 6) is 0.875. The molecule has 0 bridgehead atoms. The van der Waals surface area contributed by atoms with Crippen molar-refractivity contribution < 1.29 is 14.1 Å². The van der Waals surface area contributed by atoms with E-state index in [0.29, 0.717) is 50.7 Å². The smallest absolute Gasteiger partial charge is 0.218 e. The summed E-state index contributed by atoms with van der Waals surface area (Å²) in [5, 5.41) is 4.85. The average Bonchev–Trinajstić information content (AvgIpc) is 2.98. The van der Waals surface area contributed by atoms with Gasteiger partial charge in [0, 0.05) is 11.6 Å². The van der Waals surface area contributed by atoms with Gasteiger partial charge < -0.3 is 9.26 Å². The molecule has 0 atom stereocenters. The maximum atomic E-state index is 11.8. The van der Waals surface area contributed by atoms with Gasteiger partial charge in [0.25, 0.3) is 0 Å². The molecule has 0 fully saturated rings. The van der Waals surface area contributed by atoms with Gasteiger partial charge in [-0.05, 0) is 25.1 Å². The van der Waals surface area contributed by atoms with Gasteiger partial charge in [-0.1, -0.05) is 34.4 Å². The van der Waals surface area contributed by atoms with Crippen LogP contribution in [0.3, 0.4) is 0 Å². The molecule has 3 aromatic rings. The van der Waals surface area contributed by atoms with E-state index in [9.17, 15) is 4.79 Å². The summed E-state index contributed by atoms with van der Waals surface area (Å²) >= 11 is 12.6. The molecular formula is C17H13Cl2N3O3. The van der Waals surface area contributed by atoms with Crippen molar-refractivity contribution in [3.05, 3.63) is 52.3 Å². The van der Waals surface area contributed by atoms with E-state index in [4.69, 9.17) is 32.5 Å². The second kappa shape index (κ2) is 7.13. The van der Waals surface area contributed by atoms with Crippen molar-refractivity contribution in [3.63, 3.8) is 0 Å². The fourth-order valence-electron chi connectivity index (χ4n) is 2.42. The first-order valence-electron chi connectivity index (χ1n) is 7.22. The predicted molar refractivity (Wildman–Crippen MR) is 95.7 cm³/mol. The van der Waals surface area contributed by atoms with Gasteiger partial charge in [-0.15, -0.1) is 0 Å². The maximum Gasteiger partial charge on any atom is 0.218 e. The third kappa shape index (κ3) is 3.18. The van der Waals surface area contributed by atoms with Crippen molar-refractivity contribution in [1.82, 2.24) is 10.1 Å². The number of nitrogens with zero attached hydrogens (tertiary/aromatic N) is 3. The minimum atomic E-state index is 0.371. The topological polar surface area (TPSA) is 68.5 Å². The lowest BCUT2D eigenvalue weighted by molar-refractivity contribution is -0.106. The summed E-state index contributed by atoms with van der Waals surface area (Å²) in [5.41, 5.74) is 1.82. The molecule has 0 saturated carbocycles. The van der Waals surface area contributed by atoms with Crippen LogP contribution in [0.2, 0.25) is 10.0 Å². The highest BCUT2D eigenvalue weighted by Gasteiger charge is 2.25. The molecule has 0 spiro atoms. The first kappa shape index (κ1) is 17.3. The van der Waals surface area contributed by atoms with E-state index in [1.54, 1.807) is 37.3 Å². The van der Waals surface area contributed by atoms with Crippen LogP contribution >= 0.6 is 23.2 Å². The van der Waals surface area contributed by atoms with E-state index in [0.717, 1.165) is 0 Å². The largest absolute Gasteiger partial charge is 0.481 e. The van der Waals surface area contributed by atoms with Crippen molar-refractivity contribution in [2.75, 3.05) is 12.0 Å². The number of aromatic nitrogens is 2. The lowest BCUT2D eigenvalue weighted by Gasteiger charge is -2.18. The van der Waals surface area contributed by atoms with Gasteiger partial charge in [0.2, 0.25) is 12.3 Å². The van der Waals surface area contributed by atoms with E-state index in [2.05, 4.69) is 10.1 Å². The summed E-state index contributed by atoms with van der Waals surface area (Å²) in [7, 11) is 1.52. The monoisotopic (exact) mass is 377 g/mol. The molecule has 6 nitrogen and oxygen atoms in total. The minimum absolute atomic E-state index is 0.371. The van der Waals surface area contributed by atoms with E-state index in [1.807, 2.05) is 0 Å². The number of amides is 1. The normalized spacial score (nSPS) is 10.6. The number of pyridine rings is 1. The third-order valence-electron chi connectivity index (χ3n) is 3.59. The van der Waals surface area contributed by atoms with Crippen molar-refractivity contribution in [3.8, 4) is 17.1 Å². The van der Waals surface area contributed by atoms with Crippen molar-refractivity contribution >= 4 is 41.0 Å². The van der Waals surface area contributed by atoms with Gasteiger partial charge in [-0.2, -0.15) is 0 Å². The fraction of sp³-hybridized carbons (Fsp3) is 0.118. The first-order chi connectivity index (χ1) is 12.1. The zero-order valence-electron chi connectivity index (χ0n) is 13.4. The first-order valence-corrected chi connectivity index (χ1v) is 7.97. The number of hydrogen-bond acceptors (Lipinski definition) is 5. The molecule has 1 amide bonds. The van der Waals surface area contributed by atoms with Crippen LogP contribution in [0.25, 0.3) is 11.3 Å². The Balaban J connectivity index is 2.16. The summed E-state index contributed by atoms with van der Waals surface area (Å²) in [6.07, 6.45) is 2.16. The van der Waals surface area contributed by atoms with E-state index in [-0.39, 0.29) is 0 Å². The Kier molecular flexibility index (Phi) is 4.92. The van der Waals surface area contributed by atoms with Crippen LogP contribution in [0.15, 0.2) is 41.1 Å². The summed E-state index contributed by atoms with van der Waals surface area (Å²) in [6, 6.07) is 8.46. The second-order valence-electron chi connectivity index (χ2n) is 5.07. The van der Waals surface area contributed by atoms with Crippen LogP contribution < -0.4 is 9.64 Å². The summed E-state index contributed by atoms with van der Waals surface area (Å²) in [4.78, 5) is 17.3. The molecule has 1 aromatic carbocycles. The van der Waals surface area contributed by atoms with Gasteiger partial charge in [0.15, 0.2) is 5.76 Å². The van der Waals surface area contributed by atoms with Crippen LogP contribution in [0.4, 0.5) is 11.4 Å². The van der Waals surface area contributed by atoms with Crippen LogP contribution in [0.1, 0.15) is 5.76 Å². The molecular weight excluding hydrogens is 365 g/mol. The quantitative estimate of drug-likeness (QED) is 0.605. The van der Waals surface area contributed by atoms with Crippen LogP contribution in [-0.4, -0.2) is 23.7 Å². The summed E-state index contributed by atoms with van der Waals surface area (Å²) in [6.45, 7) is 1.70. The number of aryl methyl sites for hydroxylation is 1. The molecule has 25 heavy (non-hydrogen) atoms. The standard InChI is InChI=1S/C17H13Cl2N3O3/c1-10-17(22(9-23)11-6-7-14(24-2)20-8-11)16(21-25-10)15-12(18)4-3-5-13(15)19/h3-9H,1-2H3. The number of rotatable bonds is 5. The Bertz CT molecular complexity index is 890. The third-order valence-corrected chi connectivity index (χ3v) is 4.22. The zero-order chi connectivity index (χ0) is 18.0. The van der Waals surface area contributed by atoms with Crippen molar-refractivity contribution in [1.29, 1.82) is 0 Å².